The molecule has 1 atom stereocenters. The summed E-state index contributed by atoms with van der Waals surface area (Å²) < 4.78 is 0. The Morgan fingerprint density at radius 2 is 2.17 bits per heavy atom. The summed E-state index contributed by atoms with van der Waals surface area (Å²) in [6, 6.07) is 6.25. The van der Waals surface area contributed by atoms with E-state index in [4.69, 9.17) is 0 Å². The van der Waals surface area contributed by atoms with E-state index >= 15 is 0 Å². The van der Waals surface area contributed by atoms with Crippen LogP contribution in [0.1, 0.15) is 24.6 Å². The number of aliphatic hydroxyl groups is 1. The normalized spacial score (nSPS) is 20.2. The molecule has 0 saturated carbocycles. The average molecular weight is 249 g/mol. The first-order chi connectivity index (χ1) is 8.66. The van der Waals surface area contributed by atoms with Gasteiger partial charge in [0.1, 0.15) is 6.10 Å². The molecule has 1 N–H and O–H groups in total. The van der Waals surface area contributed by atoms with Crippen LogP contribution in [0.25, 0.3) is 0 Å². The molecule has 4 nitrogen and oxygen atoms in total. The number of likely N-dealkylation sites (N-methyl/N-ethyl adjacent to an activating group) is 1. The summed E-state index contributed by atoms with van der Waals surface area (Å²) in [5.74, 6) is 0. The molecule has 0 radical (unpaired) electrons. The first-order valence-electron chi connectivity index (χ1n) is 6.64. The minimum Gasteiger partial charge on any atom is -0.385 e. The first kappa shape index (κ1) is 13.5. The monoisotopic (exact) mass is 249 g/mol. The van der Waals surface area contributed by atoms with Crippen molar-refractivity contribution in [3.63, 3.8) is 0 Å². The second-order valence-electron chi connectivity index (χ2n) is 5.24. The van der Waals surface area contributed by atoms with E-state index in [9.17, 15) is 5.11 Å². The number of nitrogens with zero attached hydrogens (tertiary/aromatic N) is 3. The second-order valence-corrected chi connectivity index (χ2v) is 5.24. The molecule has 1 saturated heterocycles. The van der Waals surface area contributed by atoms with Crippen molar-refractivity contribution >= 4 is 0 Å². The molecule has 4 heteroatoms. The lowest BCUT2D eigenvalue weighted by Gasteiger charge is -2.35. The molecule has 1 aliphatic rings. The molecule has 100 valence electrons. The SMILES string of the molecule is CN1CCC(N(C)CC(O)c2ccccn2)CC1. The van der Waals surface area contributed by atoms with E-state index in [0.29, 0.717) is 12.6 Å². The number of likely N-dealkylation sites (tertiary alicyclic amines) is 1. The fourth-order valence-electron chi connectivity index (χ4n) is 2.52. The van der Waals surface area contributed by atoms with E-state index in [1.165, 1.54) is 12.8 Å². The van der Waals surface area contributed by atoms with Gasteiger partial charge in [-0.05, 0) is 52.2 Å². The summed E-state index contributed by atoms with van der Waals surface area (Å²) in [6.07, 6.45) is 3.61. The number of aliphatic hydroxyl groups excluding tert-OH is 1. The van der Waals surface area contributed by atoms with Gasteiger partial charge in [-0.2, -0.15) is 0 Å². The van der Waals surface area contributed by atoms with Crippen LogP contribution in [0.15, 0.2) is 24.4 Å². The van der Waals surface area contributed by atoms with Gasteiger partial charge in [0, 0.05) is 18.8 Å². The lowest BCUT2D eigenvalue weighted by atomic mass is 10.0. The van der Waals surface area contributed by atoms with Crippen LogP contribution >= 0.6 is 0 Å². The minimum absolute atomic E-state index is 0.490. The van der Waals surface area contributed by atoms with Gasteiger partial charge in [-0.3, -0.25) is 4.98 Å². The van der Waals surface area contributed by atoms with E-state index < -0.39 is 6.10 Å². The molecular weight excluding hydrogens is 226 g/mol. The molecule has 0 aromatic carbocycles. The van der Waals surface area contributed by atoms with Crippen molar-refractivity contribution in [2.45, 2.75) is 25.0 Å². The molecule has 18 heavy (non-hydrogen) atoms. The Morgan fingerprint density at radius 1 is 1.44 bits per heavy atom. The lowest BCUT2D eigenvalue weighted by Crippen LogP contribution is -2.43. The first-order valence-corrected chi connectivity index (χ1v) is 6.64. The third-order valence-electron chi connectivity index (χ3n) is 3.80. The Morgan fingerprint density at radius 3 is 2.78 bits per heavy atom. The Labute approximate surface area is 109 Å². The molecule has 1 unspecified atom stereocenters. The smallest absolute Gasteiger partial charge is 0.109 e. The van der Waals surface area contributed by atoms with Crippen LogP contribution in [0.2, 0.25) is 0 Å². The number of aromatic nitrogens is 1. The van der Waals surface area contributed by atoms with Crippen molar-refractivity contribution in [1.82, 2.24) is 14.8 Å². The summed E-state index contributed by atoms with van der Waals surface area (Å²) in [6.45, 7) is 2.95. The molecular formula is C14H23N3O. The van der Waals surface area contributed by atoms with Crippen molar-refractivity contribution in [3.8, 4) is 0 Å². The highest BCUT2D eigenvalue weighted by molar-refractivity contribution is 5.07. The van der Waals surface area contributed by atoms with Crippen LogP contribution < -0.4 is 0 Å². The molecule has 0 bridgehead atoms. The maximum absolute atomic E-state index is 10.2. The number of piperidine rings is 1. The predicted molar refractivity (Wildman–Crippen MR) is 72.3 cm³/mol. The number of pyridine rings is 1. The van der Waals surface area contributed by atoms with Crippen LogP contribution in [0, 0.1) is 0 Å². The van der Waals surface area contributed by atoms with Gasteiger partial charge in [0.15, 0.2) is 0 Å². The summed E-state index contributed by atoms with van der Waals surface area (Å²) in [5, 5.41) is 10.2. The fraction of sp³-hybridized carbons (Fsp3) is 0.643. The summed E-state index contributed by atoms with van der Waals surface area (Å²) in [7, 11) is 4.26. The van der Waals surface area contributed by atoms with Gasteiger partial charge in [-0.25, -0.2) is 0 Å². The molecule has 0 spiro atoms. The van der Waals surface area contributed by atoms with Crippen molar-refractivity contribution in [3.05, 3.63) is 30.1 Å². The van der Waals surface area contributed by atoms with Crippen LogP contribution in [0.3, 0.4) is 0 Å². The topological polar surface area (TPSA) is 39.6 Å². The van der Waals surface area contributed by atoms with Gasteiger partial charge in [0.2, 0.25) is 0 Å². The second kappa shape index (κ2) is 6.27. The van der Waals surface area contributed by atoms with Crippen LogP contribution in [0.4, 0.5) is 0 Å². The van der Waals surface area contributed by atoms with Crippen molar-refractivity contribution < 1.29 is 5.11 Å². The van der Waals surface area contributed by atoms with Crippen molar-refractivity contribution in [1.29, 1.82) is 0 Å². The van der Waals surface area contributed by atoms with Gasteiger partial charge < -0.3 is 14.9 Å². The molecule has 2 heterocycles. The molecule has 1 aromatic heterocycles. The summed E-state index contributed by atoms with van der Waals surface area (Å²) in [4.78, 5) is 8.83. The zero-order valence-electron chi connectivity index (χ0n) is 11.3. The number of hydrogen-bond donors (Lipinski definition) is 1. The quantitative estimate of drug-likeness (QED) is 0.868. The average Bonchev–Trinajstić information content (AvgIpc) is 2.40. The van der Waals surface area contributed by atoms with Crippen LogP contribution in [-0.4, -0.2) is 59.7 Å². The highest BCUT2D eigenvalue weighted by atomic mass is 16.3. The van der Waals surface area contributed by atoms with E-state index in [1.54, 1.807) is 6.20 Å². The number of rotatable bonds is 4. The molecule has 2 rings (SSSR count). The molecule has 1 aliphatic heterocycles. The standard InChI is InChI=1S/C14H23N3O/c1-16-9-6-12(7-10-16)17(2)11-14(18)13-5-3-4-8-15-13/h3-5,8,12,14,18H,6-7,9-11H2,1-2H3. The van der Waals surface area contributed by atoms with Crippen molar-refractivity contribution in [2.75, 3.05) is 33.7 Å². The Bertz CT molecular complexity index is 349. The third kappa shape index (κ3) is 3.51. The largest absolute Gasteiger partial charge is 0.385 e. The maximum atomic E-state index is 10.2. The van der Waals surface area contributed by atoms with Crippen LogP contribution in [0.5, 0.6) is 0 Å². The zero-order chi connectivity index (χ0) is 13.0. The van der Waals surface area contributed by atoms with E-state index in [-0.39, 0.29) is 0 Å². The zero-order valence-corrected chi connectivity index (χ0v) is 11.3. The molecule has 1 aromatic rings. The predicted octanol–water partition coefficient (Wildman–Crippen LogP) is 1.14. The fourth-order valence-corrected chi connectivity index (χ4v) is 2.52. The van der Waals surface area contributed by atoms with Crippen LogP contribution in [-0.2, 0) is 0 Å². The van der Waals surface area contributed by atoms with E-state index in [0.717, 1.165) is 18.8 Å². The lowest BCUT2D eigenvalue weighted by molar-refractivity contribution is 0.0767. The number of hydrogen-bond acceptors (Lipinski definition) is 4. The highest BCUT2D eigenvalue weighted by Gasteiger charge is 2.22. The van der Waals surface area contributed by atoms with Gasteiger partial charge in [-0.15, -0.1) is 0 Å². The van der Waals surface area contributed by atoms with E-state index in [2.05, 4.69) is 28.9 Å². The Hall–Kier alpha value is -0.970. The Balaban J connectivity index is 1.85. The van der Waals surface area contributed by atoms with Gasteiger partial charge in [0.25, 0.3) is 0 Å². The van der Waals surface area contributed by atoms with Gasteiger partial charge in [-0.1, -0.05) is 6.07 Å². The Kier molecular flexibility index (Phi) is 4.69. The summed E-state index contributed by atoms with van der Waals surface area (Å²) in [5.41, 5.74) is 0.761. The van der Waals surface area contributed by atoms with Gasteiger partial charge in [0.05, 0.1) is 5.69 Å². The van der Waals surface area contributed by atoms with E-state index in [1.807, 2.05) is 18.2 Å². The third-order valence-corrected chi connectivity index (χ3v) is 3.80. The van der Waals surface area contributed by atoms with Gasteiger partial charge >= 0.3 is 0 Å². The van der Waals surface area contributed by atoms with Crippen molar-refractivity contribution in [2.24, 2.45) is 0 Å². The molecule has 0 aliphatic carbocycles. The molecule has 1 fully saturated rings. The highest BCUT2D eigenvalue weighted by Crippen LogP contribution is 2.17. The minimum atomic E-state index is -0.490. The maximum Gasteiger partial charge on any atom is 0.109 e. The summed E-state index contributed by atoms with van der Waals surface area (Å²) >= 11 is 0. The molecule has 0 amide bonds.